The zero-order valence-electron chi connectivity index (χ0n) is 10.8. The number of hydrogen-bond acceptors (Lipinski definition) is 4. The van der Waals surface area contributed by atoms with Crippen molar-refractivity contribution in [1.82, 2.24) is 4.98 Å². The fourth-order valence-electron chi connectivity index (χ4n) is 2.48. The van der Waals surface area contributed by atoms with Crippen molar-refractivity contribution in [2.75, 3.05) is 0 Å². The Bertz CT molecular complexity index is 641. The molecule has 0 radical (unpaired) electrons. The van der Waals surface area contributed by atoms with Gasteiger partial charge in [-0.05, 0) is 37.1 Å². The van der Waals surface area contributed by atoms with Crippen LogP contribution in [0.3, 0.4) is 0 Å². The lowest BCUT2D eigenvalue weighted by Gasteiger charge is -2.09. The summed E-state index contributed by atoms with van der Waals surface area (Å²) in [5.74, 6) is -0.00482. The van der Waals surface area contributed by atoms with Crippen LogP contribution in [0.5, 0.6) is 0 Å². The molecule has 1 saturated carbocycles. The molecule has 0 saturated heterocycles. The van der Waals surface area contributed by atoms with Gasteiger partial charge < -0.3 is 4.18 Å². The van der Waals surface area contributed by atoms with Gasteiger partial charge in [-0.1, -0.05) is 28.8 Å². The normalized spacial score (nSPS) is 15.7. The summed E-state index contributed by atoms with van der Waals surface area (Å²) in [5, 5.41) is 0.992. The van der Waals surface area contributed by atoms with Crippen LogP contribution in [0.25, 0.3) is 10.9 Å². The summed E-state index contributed by atoms with van der Waals surface area (Å²) < 4.78 is 6.38. The van der Waals surface area contributed by atoms with E-state index in [1.807, 2.05) is 24.3 Å². The molecule has 0 bridgehead atoms. The van der Waals surface area contributed by atoms with Gasteiger partial charge in [-0.2, -0.15) is 0 Å². The van der Waals surface area contributed by atoms with E-state index < -0.39 is 0 Å². The van der Waals surface area contributed by atoms with Crippen LogP contribution in [-0.2, 0) is 8.98 Å². The van der Waals surface area contributed by atoms with Gasteiger partial charge in [0.1, 0.15) is 0 Å². The predicted molar refractivity (Wildman–Crippen MR) is 83.4 cm³/mol. The van der Waals surface area contributed by atoms with E-state index in [-0.39, 0.29) is 11.9 Å². The van der Waals surface area contributed by atoms with Crippen LogP contribution < -0.4 is 0 Å². The quantitative estimate of drug-likeness (QED) is 0.748. The van der Waals surface area contributed by atoms with Crippen molar-refractivity contribution in [3.63, 3.8) is 0 Å². The average molecular weight is 352 g/mol. The van der Waals surface area contributed by atoms with Crippen LogP contribution in [0.4, 0.5) is 0 Å². The van der Waals surface area contributed by atoms with Crippen molar-refractivity contribution in [2.45, 2.75) is 30.6 Å². The predicted octanol–water partition coefficient (Wildman–Crippen LogP) is 4.74. The SMILES string of the molecule is O=C(OSc1ccnc2ccc(Br)cc12)C1CCCC1. The molecule has 3 nitrogen and oxygen atoms in total. The fourth-order valence-corrected chi connectivity index (χ4v) is 3.52. The van der Waals surface area contributed by atoms with Gasteiger partial charge in [-0.15, -0.1) is 0 Å². The number of carbonyl (C=O) groups is 1. The summed E-state index contributed by atoms with van der Waals surface area (Å²) in [6.45, 7) is 0. The van der Waals surface area contributed by atoms with Crippen LogP contribution in [-0.4, -0.2) is 11.0 Å². The highest BCUT2D eigenvalue weighted by atomic mass is 79.9. The van der Waals surface area contributed by atoms with Crippen molar-refractivity contribution in [3.05, 3.63) is 34.9 Å². The van der Waals surface area contributed by atoms with E-state index in [0.717, 1.165) is 58.0 Å². The maximum absolute atomic E-state index is 12.0. The molecule has 5 heteroatoms. The topological polar surface area (TPSA) is 39.2 Å². The third-order valence-corrected chi connectivity index (χ3v) is 4.84. The minimum Gasteiger partial charge on any atom is -0.386 e. The second kappa shape index (κ2) is 6.14. The van der Waals surface area contributed by atoms with E-state index in [2.05, 4.69) is 20.9 Å². The first-order valence-electron chi connectivity index (χ1n) is 6.67. The van der Waals surface area contributed by atoms with Crippen LogP contribution in [0.1, 0.15) is 25.7 Å². The Kier molecular flexibility index (Phi) is 4.27. The third kappa shape index (κ3) is 2.99. The molecule has 1 aliphatic rings. The van der Waals surface area contributed by atoms with E-state index in [4.69, 9.17) is 4.18 Å². The van der Waals surface area contributed by atoms with Gasteiger partial charge in [0.25, 0.3) is 0 Å². The van der Waals surface area contributed by atoms with E-state index >= 15 is 0 Å². The molecule has 0 unspecified atom stereocenters. The van der Waals surface area contributed by atoms with Crippen molar-refractivity contribution in [1.29, 1.82) is 0 Å². The van der Waals surface area contributed by atoms with Crippen LogP contribution in [0.2, 0.25) is 0 Å². The summed E-state index contributed by atoms with van der Waals surface area (Å²) in [6, 6.07) is 7.77. The van der Waals surface area contributed by atoms with Crippen LogP contribution in [0.15, 0.2) is 39.8 Å². The molecule has 1 fully saturated rings. The molecular formula is C15H14BrNO2S. The molecule has 1 heterocycles. The Balaban J connectivity index is 1.77. The van der Waals surface area contributed by atoms with E-state index in [9.17, 15) is 4.79 Å². The number of carbonyl (C=O) groups excluding carboxylic acids is 1. The second-order valence-electron chi connectivity index (χ2n) is 4.94. The summed E-state index contributed by atoms with van der Waals surface area (Å²) in [6.07, 6.45) is 5.93. The van der Waals surface area contributed by atoms with Crippen molar-refractivity contribution in [2.24, 2.45) is 5.92 Å². The molecule has 1 aromatic heterocycles. The minimum atomic E-state index is -0.0903. The molecule has 20 heavy (non-hydrogen) atoms. The number of nitrogens with zero attached hydrogens (tertiary/aromatic N) is 1. The summed E-state index contributed by atoms with van der Waals surface area (Å²) >= 11 is 4.60. The number of rotatable bonds is 3. The van der Waals surface area contributed by atoms with Crippen molar-refractivity contribution < 1.29 is 8.98 Å². The summed E-state index contributed by atoms with van der Waals surface area (Å²) in [5.41, 5.74) is 0.898. The molecule has 3 rings (SSSR count). The molecule has 0 atom stereocenters. The van der Waals surface area contributed by atoms with Crippen LogP contribution in [0, 0.1) is 5.92 Å². The number of aromatic nitrogens is 1. The zero-order chi connectivity index (χ0) is 13.9. The zero-order valence-corrected chi connectivity index (χ0v) is 13.2. The largest absolute Gasteiger partial charge is 0.386 e. The molecular weight excluding hydrogens is 338 g/mol. The Morgan fingerprint density at radius 2 is 2.10 bits per heavy atom. The first-order chi connectivity index (χ1) is 9.74. The first kappa shape index (κ1) is 13.9. The number of fused-ring (bicyclic) bond motifs is 1. The first-order valence-corrected chi connectivity index (χ1v) is 8.20. The van der Waals surface area contributed by atoms with Crippen molar-refractivity contribution >= 4 is 44.8 Å². The molecule has 1 aliphatic carbocycles. The van der Waals surface area contributed by atoms with Gasteiger partial charge in [0.2, 0.25) is 0 Å². The van der Waals surface area contributed by atoms with Gasteiger partial charge in [0.05, 0.1) is 28.4 Å². The highest BCUT2D eigenvalue weighted by molar-refractivity contribution is 9.10. The molecule has 0 amide bonds. The maximum atomic E-state index is 12.0. The number of hydrogen-bond donors (Lipinski definition) is 0. The van der Waals surface area contributed by atoms with Crippen molar-refractivity contribution in [3.8, 4) is 0 Å². The lowest BCUT2D eigenvalue weighted by molar-refractivity contribution is -0.137. The Morgan fingerprint density at radius 3 is 2.90 bits per heavy atom. The smallest absolute Gasteiger partial charge is 0.321 e. The molecule has 0 N–H and O–H groups in total. The van der Waals surface area contributed by atoms with Gasteiger partial charge in [-0.25, -0.2) is 0 Å². The Labute approximate surface area is 130 Å². The molecule has 0 aliphatic heterocycles. The number of benzene rings is 1. The molecule has 2 aromatic rings. The van der Waals surface area contributed by atoms with E-state index in [1.54, 1.807) is 6.20 Å². The average Bonchev–Trinajstić information content (AvgIpc) is 2.99. The van der Waals surface area contributed by atoms with Gasteiger partial charge in [0, 0.05) is 16.1 Å². The molecule has 1 aromatic carbocycles. The maximum Gasteiger partial charge on any atom is 0.321 e. The standard InChI is InChI=1S/C15H14BrNO2S/c16-11-5-6-13-12(9-11)14(7-8-17-13)20-19-15(18)10-3-1-2-4-10/h5-10H,1-4H2. The monoisotopic (exact) mass is 351 g/mol. The highest BCUT2D eigenvalue weighted by Gasteiger charge is 2.24. The summed E-state index contributed by atoms with van der Waals surface area (Å²) in [7, 11) is 0. The third-order valence-electron chi connectivity index (χ3n) is 3.57. The molecule has 0 spiro atoms. The Hall–Kier alpha value is -1.07. The Morgan fingerprint density at radius 1 is 1.30 bits per heavy atom. The van der Waals surface area contributed by atoms with E-state index in [1.165, 1.54) is 0 Å². The van der Waals surface area contributed by atoms with Gasteiger partial charge >= 0.3 is 5.97 Å². The fraction of sp³-hybridized carbons (Fsp3) is 0.333. The van der Waals surface area contributed by atoms with Gasteiger partial charge in [0.15, 0.2) is 0 Å². The second-order valence-corrected chi connectivity index (χ2v) is 6.63. The number of halogens is 1. The lowest BCUT2D eigenvalue weighted by atomic mass is 10.1. The van der Waals surface area contributed by atoms with Crippen LogP contribution >= 0.6 is 28.0 Å². The van der Waals surface area contributed by atoms with Gasteiger partial charge in [-0.3, -0.25) is 9.78 Å². The highest BCUT2D eigenvalue weighted by Crippen LogP contribution is 2.32. The lowest BCUT2D eigenvalue weighted by Crippen LogP contribution is -2.10. The molecule has 104 valence electrons. The summed E-state index contributed by atoms with van der Waals surface area (Å²) in [4.78, 5) is 17.2. The van der Waals surface area contributed by atoms with E-state index in [0.29, 0.717) is 0 Å². The minimum absolute atomic E-state index is 0.0855. The number of pyridine rings is 1.